The largest absolute Gasteiger partial charge is 0.444 e. The summed E-state index contributed by atoms with van der Waals surface area (Å²) in [4.78, 5) is 14.0. The molecule has 6 nitrogen and oxygen atoms in total. The fourth-order valence-corrected chi connectivity index (χ4v) is 3.10. The summed E-state index contributed by atoms with van der Waals surface area (Å²) >= 11 is 0. The van der Waals surface area contributed by atoms with Gasteiger partial charge < -0.3 is 19.7 Å². The average molecular weight is 315 g/mol. The van der Waals surface area contributed by atoms with E-state index < -0.39 is 29.6 Å². The molecule has 1 amide bonds. The van der Waals surface area contributed by atoms with Gasteiger partial charge in [0.2, 0.25) is 0 Å². The molecular weight excluding hydrogens is 286 g/mol. The Morgan fingerprint density at radius 2 is 2.00 bits per heavy atom. The first kappa shape index (κ1) is 17.5. The molecule has 0 aromatic heterocycles. The smallest absolute Gasteiger partial charge is 0.412 e. The van der Waals surface area contributed by atoms with Crippen molar-refractivity contribution in [1.29, 1.82) is 0 Å². The van der Waals surface area contributed by atoms with Gasteiger partial charge in [0.25, 0.3) is 0 Å². The first-order valence-electron chi connectivity index (χ1n) is 8.02. The predicted molar refractivity (Wildman–Crippen MR) is 81.2 cm³/mol. The van der Waals surface area contributed by atoms with Crippen molar-refractivity contribution in [1.82, 2.24) is 4.90 Å². The van der Waals surface area contributed by atoms with Crippen molar-refractivity contribution in [2.45, 2.75) is 70.9 Å². The van der Waals surface area contributed by atoms with Crippen molar-refractivity contribution in [2.24, 2.45) is 11.8 Å². The van der Waals surface area contributed by atoms with E-state index >= 15 is 0 Å². The van der Waals surface area contributed by atoms with Crippen LogP contribution in [0.15, 0.2) is 0 Å². The molecule has 1 heterocycles. The van der Waals surface area contributed by atoms with Crippen molar-refractivity contribution in [3.8, 4) is 0 Å². The maximum Gasteiger partial charge on any atom is 0.412 e. The van der Waals surface area contributed by atoms with Gasteiger partial charge in [-0.1, -0.05) is 0 Å². The van der Waals surface area contributed by atoms with Crippen LogP contribution in [-0.4, -0.2) is 57.9 Å². The molecule has 0 spiro atoms. The second-order valence-electron chi connectivity index (χ2n) is 7.85. The molecule has 0 bridgehead atoms. The summed E-state index contributed by atoms with van der Waals surface area (Å²) in [6.45, 7) is 9.16. The Hall–Kier alpha value is -0.850. The highest BCUT2D eigenvalue weighted by Crippen LogP contribution is 2.41. The second kappa shape index (κ2) is 5.98. The summed E-state index contributed by atoms with van der Waals surface area (Å²) in [5, 5.41) is 20.3. The van der Waals surface area contributed by atoms with E-state index in [0.717, 1.165) is 12.8 Å². The number of aliphatic hydroxyl groups excluding tert-OH is 2. The van der Waals surface area contributed by atoms with Crippen LogP contribution in [0.25, 0.3) is 0 Å². The van der Waals surface area contributed by atoms with Crippen LogP contribution < -0.4 is 0 Å². The molecule has 128 valence electrons. The molecule has 2 fully saturated rings. The average Bonchev–Trinajstić information content (AvgIpc) is 3.11. The highest BCUT2D eigenvalue weighted by Gasteiger charge is 2.51. The lowest BCUT2D eigenvalue weighted by Crippen LogP contribution is -2.55. The first-order valence-corrected chi connectivity index (χ1v) is 8.02. The molecule has 1 aliphatic heterocycles. The van der Waals surface area contributed by atoms with E-state index in [-0.39, 0.29) is 19.1 Å². The third-order valence-electron chi connectivity index (χ3n) is 4.38. The van der Waals surface area contributed by atoms with E-state index in [9.17, 15) is 15.0 Å². The molecule has 0 radical (unpaired) electrons. The summed E-state index contributed by atoms with van der Waals surface area (Å²) in [6, 6.07) is -0.498. The molecule has 2 N–H and O–H groups in total. The van der Waals surface area contributed by atoms with Gasteiger partial charge in [0, 0.05) is 12.5 Å². The molecule has 2 aliphatic rings. The van der Waals surface area contributed by atoms with Gasteiger partial charge in [0.15, 0.2) is 0 Å². The summed E-state index contributed by atoms with van der Waals surface area (Å²) in [5.74, 6) is 0.122. The fraction of sp³-hybridized carbons (Fsp3) is 0.938. The minimum atomic E-state index is -0.836. The number of hydrogen-bond donors (Lipinski definition) is 2. The van der Waals surface area contributed by atoms with Crippen LogP contribution in [0, 0.1) is 11.8 Å². The molecule has 22 heavy (non-hydrogen) atoms. The minimum Gasteiger partial charge on any atom is -0.444 e. The number of hydrogen-bond acceptors (Lipinski definition) is 5. The van der Waals surface area contributed by atoms with Gasteiger partial charge in [0.1, 0.15) is 11.3 Å². The van der Waals surface area contributed by atoms with E-state index in [1.54, 1.807) is 34.6 Å². The zero-order chi connectivity index (χ0) is 16.7. The molecular formula is C16H29NO5. The molecule has 0 unspecified atom stereocenters. The number of nitrogens with zero attached hydrogens (tertiary/aromatic N) is 1. The second-order valence-corrected chi connectivity index (χ2v) is 7.85. The van der Waals surface area contributed by atoms with Crippen LogP contribution in [0.1, 0.15) is 47.5 Å². The predicted octanol–water partition coefficient (Wildman–Crippen LogP) is 1.74. The quantitative estimate of drug-likeness (QED) is 0.826. The van der Waals surface area contributed by atoms with E-state index in [0.29, 0.717) is 5.92 Å². The topological polar surface area (TPSA) is 79.2 Å². The normalized spacial score (nSPS) is 27.6. The molecule has 0 aromatic carbocycles. The van der Waals surface area contributed by atoms with Gasteiger partial charge in [-0.3, -0.25) is 4.90 Å². The monoisotopic (exact) mass is 315 g/mol. The summed E-state index contributed by atoms with van der Waals surface area (Å²) < 4.78 is 11.2. The number of ether oxygens (including phenoxy) is 2. The van der Waals surface area contributed by atoms with Gasteiger partial charge in [0.05, 0.1) is 18.8 Å². The SMILES string of the molecule is CC(C)(C)OC(=O)N1[C@@H]([C@H](O)[C@H](CO)C2CC2)COC1(C)C. The Labute approximate surface area is 132 Å². The van der Waals surface area contributed by atoms with Crippen molar-refractivity contribution >= 4 is 6.09 Å². The Balaban J connectivity index is 2.16. The standard InChI is InChI=1S/C16H29NO5/c1-15(2,3)22-14(20)17-12(9-21-16(17,4)5)13(19)11(8-18)10-6-7-10/h10-13,18-19H,6-9H2,1-5H3/t11-,12-,13-/m1/s1. The van der Waals surface area contributed by atoms with Gasteiger partial charge in [-0.15, -0.1) is 0 Å². The zero-order valence-corrected chi connectivity index (χ0v) is 14.2. The Morgan fingerprint density at radius 3 is 2.45 bits per heavy atom. The highest BCUT2D eigenvalue weighted by molar-refractivity contribution is 5.70. The Morgan fingerprint density at radius 1 is 1.41 bits per heavy atom. The fourth-order valence-electron chi connectivity index (χ4n) is 3.10. The highest BCUT2D eigenvalue weighted by atomic mass is 16.6. The Bertz CT molecular complexity index is 413. The van der Waals surface area contributed by atoms with E-state index in [1.807, 2.05) is 0 Å². The summed E-state index contributed by atoms with van der Waals surface area (Å²) in [6.07, 6.45) is 0.732. The number of carbonyl (C=O) groups excluding carboxylic acids is 1. The van der Waals surface area contributed by atoms with Crippen molar-refractivity contribution in [3.05, 3.63) is 0 Å². The van der Waals surface area contributed by atoms with E-state index in [1.165, 1.54) is 4.90 Å². The van der Waals surface area contributed by atoms with Crippen LogP contribution in [0.5, 0.6) is 0 Å². The number of rotatable bonds is 4. The van der Waals surface area contributed by atoms with Crippen LogP contribution in [0.4, 0.5) is 4.79 Å². The van der Waals surface area contributed by atoms with Crippen LogP contribution in [0.3, 0.4) is 0 Å². The summed E-state index contributed by atoms with van der Waals surface area (Å²) in [5.41, 5.74) is -1.45. The zero-order valence-electron chi connectivity index (χ0n) is 14.2. The molecule has 3 atom stereocenters. The van der Waals surface area contributed by atoms with Crippen molar-refractivity contribution in [2.75, 3.05) is 13.2 Å². The molecule has 2 rings (SSSR count). The number of amides is 1. The number of carbonyl (C=O) groups is 1. The van der Waals surface area contributed by atoms with Gasteiger partial charge in [-0.05, 0) is 53.4 Å². The Kier molecular flexibility index (Phi) is 4.76. The third kappa shape index (κ3) is 3.73. The summed E-state index contributed by atoms with van der Waals surface area (Å²) in [7, 11) is 0. The van der Waals surface area contributed by atoms with Crippen molar-refractivity contribution < 1.29 is 24.5 Å². The third-order valence-corrected chi connectivity index (χ3v) is 4.38. The lowest BCUT2D eigenvalue weighted by Gasteiger charge is -2.38. The van der Waals surface area contributed by atoms with Crippen LogP contribution >= 0.6 is 0 Å². The van der Waals surface area contributed by atoms with Gasteiger partial charge in [-0.25, -0.2) is 4.79 Å². The maximum absolute atomic E-state index is 12.5. The number of aliphatic hydroxyl groups is 2. The lowest BCUT2D eigenvalue weighted by atomic mass is 9.92. The van der Waals surface area contributed by atoms with Gasteiger partial charge in [-0.2, -0.15) is 0 Å². The van der Waals surface area contributed by atoms with E-state index in [4.69, 9.17) is 9.47 Å². The maximum atomic E-state index is 12.5. The molecule has 6 heteroatoms. The molecule has 1 aliphatic carbocycles. The van der Waals surface area contributed by atoms with Crippen LogP contribution in [0.2, 0.25) is 0 Å². The van der Waals surface area contributed by atoms with Crippen molar-refractivity contribution in [3.63, 3.8) is 0 Å². The molecule has 0 aromatic rings. The first-order chi connectivity index (χ1) is 10.1. The molecule has 1 saturated carbocycles. The van der Waals surface area contributed by atoms with Crippen LogP contribution in [-0.2, 0) is 9.47 Å². The van der Waals surface area contributed by atoms with E-state index in [2.05, 4.69) is 0 Å². The molecule has 1 saturated heterocycles. The van der Waals surface area contributed by atoms with Gasteiger partial charge >= 0.3 is 6.09 Å². The lowest BCUT2D eigenvalue weighted by molar-refractivity contribution is -0.0732. The minimum absolute atomic E-state index is 0.0785.